The molecule has 1 heterocycles. The molecule has 0 aliphatic heterocycles. The van der Waals surface area contributed by atoms with E-state index in [0.717, 1.165) is 17.9 Å². The topological polar surface area (TPSA) is 37.8 Å². The molecule has 1 rings (SSSR count). The summed E-state index contributed by atoms with van der Waals surface area (Å²) in [5.41, 5.74) is 2.02. The third-order valence-electron chi connectivity index (χ3n) is 2.07. The van der Waals surface area contributed by atoms with Crippen LogP contribution in [0.15, 0.2) is 6.07 Å². The molecular weight excluding hydrogens is 210 g/mol. The first-order valence-corrected chi connectivity index (χ1v) is 5.58. The van der Waals surface area contributed by atoms with Crippen LogP contribution in [-0.2, 0) is 0 Å². The summed E-state index contributed by atoms with van der Waals surface area (Å²) >= 11 is 5.84. The van der Waals surface area contributed by atoms with Crippen LogP contribution in [-0.4, -0.2) is 22.4 Å². The van der Waals surface area contributed by atoms with Gasteiger partial charge in [-0.2, -0.15) is 0 Å². The molecule has 0 fully saturated rings. The molecule has 15 heavy (non-hydrogen) atoms. The molecule has 0 amide bonds. The highest BCUT2D eigenvalue weighted by atomic mass is 35.5. The Morgan fingerprint density at radius 3 is 2.27 bits per heavy atom. The molecule has 0 atom stereocenters. The number of hydrogen-bond acceptors (Lipinski definition) is 3. The summed E-state index contributed by atoms with van der Waals surface area (Å²) in [5.74, 6) is 1.30. The molecule has 0 spiro atoms. The Labute approximate surface area is 96.3 Å². The highest BCUT2D eigenvalue weighted by Gasteiger charge is 2.16. The molecule has 3 nitrogen and oxygen atoms in total. The molecule has 0 bridgehead atoms. The number of rotatable bonds is 4. The zero-order chi connectivity index (χ0) is 11.5. The van der Waals surface area contributed by atoms with Crippen LogP contribution < -0.4 is 5.32 Å². The van der Waals surface area contributed by atoms with Crippen LogP contribution in [0.3, 0.4) is 0 Å². The van der Waals surface area contributed by atoms with Crippen LogP contribution in [0.5, 0.6) is 0 Å². The number of aromatic nitrogens is 2. The highest BCUT2D eigenvalue weighted by molar-refractivity contribution is 6.18. The third kappa shape index (κ3) is 4.04. The maximum absolute atomic E-state index is 5.84. The van der Waals surface area contributed by atoms with E-state index >= 15 is 0 Å². The van der Waals surface area contributed by atoms with E-state index in [9.17, 15) is 0 Å². The van der Waals surface area contributed by atoms with Crippen LogP contribution in [0.2, 0.25) is 0 Å². The molecule has 4 heteroatoms. The first kappa shape index (κ1) is 12.2. The zero-order valence-electron chi connectivity index (χ0n) is 9.76. The van der Waals surface area contributed by atoms with Crippen LogP contribution in [0.25, 0.3) is 0 Å². The summed E-state index contributed by atoms with van der Waals surface area (Å²) in [6.45, 7) is 8.92. The van der Waals surface area contributed by atoms with Gasteiger partial charge in [0.1, 0.15) is 0 Å². The average molecular weight is 228 g/mol. The lowest BCUT2D eigenvalue weighted by atomic mass is 9.97. The molecule has 1 N–H and O–H groups in total. The van der Waals surface area contributed by atoms with Gasteiger partial charge in [-0.15, -0.1) is 11.6 Å². The van der Waals surface area contributed by atoms with Gasteiger partial charge in [0.25, 0.3) is 0 Å². The van der Waals surface area contributed by atoms with Crippen molar-refractivity contribution < 1.29 is 0 Å². The standard InChI is InChI=1S/C11H18ClN3/c1-8-5-9(2)15-10(14-8)13-7-11(3,4)6-12/h5H,6-7H2,1-4H3,(H,13,14,15). The predicted octanol–water partition coefficient (Wildman–Crippen LogP) is 2.77. The summed E-state index contributed by atoms with van der Waals surface area (Å²) in [7, 11) is 0. The Bertz CT molecular complexity index is 316. The van der Waals surface area contributed by atoms with Crippen molar-refractivity contribution >= 4 is 17.5 Å². The van der Waals surface area contributed by atoms with E-state index in [2.05, 4.69) is 29.1 Å². The molecular formula is C11H18ClN3. The third-order valence-corrected chi connectivity index (χ3v) is 2.79. The van der Waals surface area contributed by atoms with Gasteiger partial charge in [0, 0.05) is 23.8 Å². The summed E-state index contributed by atoms with van der Waals surface area (Å²) in [4.78, 5) is 8.61. The van der Waals surface area contributed by atoms with Crippen molar-refractivity contribution in [2.45, 2.75) is 27.7 Å². The van der Waals surface area contributed by atoms with Gasteiger partial charge in [0.2, 0.25) is 5.95 Å². The van der Waals surface area contributed by atoms with Crippen molar-refractivity contribution in [3.05, 3.63) is 17.5 Å². The van der Waals surface area contributed by atoms with E-state index in [1.54, 1.807) is 0 Å². The maximum atomic E-state index is 5.84. The molecule has 1 aromatic rings. The Balaban J connectivity index is 2.65. The number of anilines is 1. The molecule has 1 aromatic heterocycles. The van der Waals surface area contributed by atoms with Gasteiger partial charge >= 0.3 is 0 Å². The SMILES string of the molecule is Cc1cc(C)nc(NCC(C)(C)CCl)n1. The van der Waals surface area contributed by atoms with Crippen LogP contribution in [0.4, 0.5) is 5.95 Å². The predicted molar refractivity (Wildman–Crippen MR) is 64.5 cm³/mol. The number of aryl methyl sites for hydroxylation is 2. The fourth-order valence-corrected chi connectivity index (χ4v) is 1.27. The minimum absolute atomic E-state index is 0.0581. The Morgan fingerprint density at radius 1 is 1.27 bits per heavy atom. The highest BCUT2D eigenvalue weighted by Crippen LogP contribution is 2.17. The normalized spacial score (nSPS) is 11.5. The van der Waals surface area contributed by atoms with Gasteiger partial charge in [-0.05, 0) is 25.3 Å². The number of halogens is 1. The fraction of sp³-hybridized carbons (Fsp3) is 0.636. The van der Waals surface area contributed by atoms with E-state index in [-0.39, 0.29) is 5.41 Å². The molecule has 0 unspecified atom stereocenters. The Hall–Kier alpha value is -0.830. The van der Waals surface area contributed by atoms with Crippen LogP contribution >= 0.6 is 11.6 Å². The maximum Gasteiger partial charge on any atom is 0.223 e. The first-order chi connectivity index (χ1) is 6.93. The van der Waals surface area contributed by atoms with Crippen LogP contribution in [0.1, 0.15) is 25.2 Å². The van der Waals surface area contributed by atoms with Crippen molar-refractivity contribution in [3.8, 4) is 0 Å². The van der Waals surface area contributed by atoms with E-state index < -0.39 is 0 Å². The van der Waals surface area contributed by atoms with Crippen LogP contribution in [0, 0.1) is 19.3 Å². The van der Waals surface area contributed by atoms with E-state index in [1.807, 2.05) is 19.9 Å². The van der Waals surface area contributed by atoms with E-state index in [1.165, 1.54) is 0 Å². The second-order valence-electron chi connectivity index (χ2n) is 4.63. The second-order valence-corrected chi connectivity index (χ2v) is 4.89. The number of alkyl halides is 1. The second kappa shape index (κ2) is 4.79. The molecule has 0 saturated carbocycles. The van der Waals surface area contributed by atoms with Gasteiger partial charge in [-0.3, -0.25) is 0 Å². The van der Waals surface area contributed by atoms with Gasteiger partial charge < -0.3 is 5.32 Å². The van der Waals surface area contributed by atoms with Gasteiger partial charge in [-0.1, -0.05) is 13.8 Å². The fourth-order valence-electron chi connectivity index (χ4n) is 1.17. The number of nitrogens with zero attached hydrogens (tertiary/aromatic N) is 2. The molecule has 0 aliphatic carbocycles. The quantitative estimate of drug-likeness (QED) is 0.804. The molecule has 0 radical (unpaired) electrons. The molecule has 0 saturated heterocycles. The Kier molecular flexibility index (Phi) is 3.91. The zero-order valence-corrected chi connectivity index (χ0v) is 10.5. The van der Waals surface area contributed by atoms with Crippen molar-refractivity contribution in [3.63, 3.8) is 0 Å². The number of hydrogen-bond donors (Lipinski definition) is 1. The average Bonchev–Trinajstić information content (AvgIpc) is 2.14. The smallest absolute Gasteiger partial charge is 0.223 e. The van der Waals surface area contributed by atoms with Crippen molar-refractivity contribution in [2.24, 2.45) is 5.41 Å². The van der Waals surface area contributed by atoms with E-state index in [4.69, 9.17) is 11.6 Å². The monoisotopic (exact) mass is 227 g/mol. The molecule has 84 valence electrons. The Morgan fingerprint density at radius 2 is 1.80 bits per heavy atom. The lowest BCUT2D eigenvalue weighted by molar-refractivity contribution is 0.449. The molecule has 0 aromatic carbocycles. The summed E-state index contributed by atoms with van der Waals surface area (Å²) in [6.07, 6.45) is 0. The lowest BCUT2D eigenvalue weighted by Gasteiger charge is -2.21. The molecule has 0 aliphatic rings. The van der Waals surface area contributed by atoms with Gasteiger partial charge in [0.05, 0.1) is 0 Å². The van der Waals surface area contributed by atoms with Crippen molar-refractivity contribution in [2.75, 3.05) is 17.7 Å². The summed E-state index contributed by atoms with van der Waals surface area (Å²) in [5, 5.41) is 3.21. The van der Waals surface area contributed by atoms with E-state index in [0.29, 0.717) is 11.8 Å². The largest absolute Gasteiger partial charge is 0.354 e. The van der Waals surface area contributed by atoms with Crippen molar-refractivity contribution in [1.29, 1.82) is 0 Å². The summed E-state index contributed by atoms with van der Waals surface area (Å²) in [6, 6.07) is 1.96. The van der Waals surface area contributed by atoms with Crippen molar-refractivity contribution in [1.82, 2.24) is 9.97 Å². The summed E-state index contributed by atoms with van der Waals surface area (Å²) < 4.78 is 0. The van der Waals surface area contributed by atoms with Gasteiger partial charge in [-0.25, -0.2) is 9.97 Å². The van der Waals surface area contributed by atoms with Gasteiger partial charge in [0.15, 0.2) is 0 Å². The minimum atomic E-state index is 0.0581. The first-order valence-electron chi connectivity index (χ1n) is 5.05. The lowest BCUT2D eigenvalue weighted by Crippen LogP contribution is -2.25. The minimum Gasteiger partial charge on any atom is -0.354 e. The number of nitrogens with one attached hydrogen (secondary N) is 1.